The van der Waals surface area contributed by atoms with Crippen molar-refractivity contribution < 1.29 is 14.6 Å². The van der Waals surface area contributed by atoms with Crippen molar-refractivity contribution in [1.29, 1.82) is 0 Å². The highest BCUT2D eigenvalue weighted by atomic mass is 16.5. The molecule has 0 aromatic heterocycles. The number of aliphatic hydroxyl groups is 1. The lowest BCUT2D eigenvalue weighted by molar-refractivity contribution is -0.120. The van der Waals surface area contributed by atoms with Gasteiger partial charge in [0.25, 0.3) is 0 Å². The van der Waals surface area contributed by atoms with Gasteiger partial charge < -0.3 is 15.2 Å². The molecule has 25 heavy (non-hydrogen) atoms. The zero-order chi connectivity index (χ0) is 17.6. The Morgan fingerprint density at radius 1 is 1.04 bits per heavy atom. The van der Waals surface area contributed by atoms with E-state index >= 15 is 0 Å². The van der Waals surface area contributed by atoms with E-state index in [9.17, 15) is 9.90 Å². The Hall–Kier alpha value is -2.85. The van der Waals surface area contributed by atoms with Gasteiger partial charge in [-0.1, -0.05) is 54.6 Å². The first-order chi connectivity index (χ1) is 12.2. The average molecular weight is 335 g/mol. The van der Waals surface area contributed by atoms with Gasteiger partial charge in [0, 0.05) is 12.1 Å². The molecule has 1 atom stereocenters. The number of aliphatic hydroxyl groups excluding tert-OH is 1. The molecule has 2 N–H and O–H groups in total. The summed E-state index contributed by atoms with van der Waals surface area (Å²) < 4.78 is 5.25. The van der Waals surface area contributed by atoms with Crippen LogP contribution in [0.15, 0.2) is 66.7 Å². The molecule has 3 aromatic rings. The smallest absolute Gasteiger partial charge is 0.224 e. The molecule has 128 valence electrons. The third kappa shape index (κ3) is 4.17. The maximum absolute atomic E-state index is 12.2. The summed E-state index contributed by atoms with van der Waals surface area (Å²) in [5, 5.41) is 15.3. The van der Waals surface area contributed by atoms with Crippen LogP contribution in [0.5, 0.6) is 5.75 Å². The number of hydrogen-bond donors (Lipinski definition) is 2. The van der Waals surface area contributed by atoms with E-state index in [0.717, 1.165) is 21.9 Å². The van der Waals surface area contributed by atoms with Crippen molar-refractivity contribution >= 4 is 16.7 Å². The lowest BCUT2D eigenvalue weighted by Gasteiger charge is -2.14. The van der Waals surface area contributed by atoms with Crippen LogP contribution in [0.3, 0.4) is 0 Å². The summed E-state index contributed by atoms with van der Waals surface area (Å²) >= 11 is 0. The van der Waals surface area contributed by atoms with Crippen molar-refractivity contribution in [2.45, 2.75) is 12.5 Å². The second-order valence-electron chi connectivity index (χ2n) is 5.92. The van der Waals surface area contributed by atoms with Gasteiger partial charge in [0.2, 0.25) is 5.91 Å². The summed E-state index contributed by atoms with van der Waals surface area (Å²) in [6.45, 7) is 0.173. The van der Waals surface area contributed by atoms with Gasteiger partial charge >= 0.3 is 0 Å². The Morgan fingerprint density at radius 3 is 2.56 bits per heavy atom. The van der Waals surface area contributed by atoms with Gasteiger partial charge in [-0.05, 0) is 28.5 Å². The van der Waals surface area contributed by atoms with Gasteiger partial charge in [0.15, 0.2) is 0 Å². The number of fused-ring (bicyclic) bond motifs is 1. The Labute approximate surface area is 147 Å². The van der Waals surface area contributed by atoms with Crippen LogP contribution in [0.2, 0.25) is 0 Å². The number of para-hydroxylation sites is 1. The normalized spacial score (nSPS) is 11.9. The van der Waals surface area contributed by atoms with Crippen LogP contribution in [0, 0.1) is 0 Å². The molecule has 0 saturated heterocycles. The van der Waals surface area contributed by atoms with Crippen LogP contribution in [0.4, 0.5) is 0 Å². The highest BCUT2D eigenvalue weighted by molar-refractivity contribution is 5.83. The Kier molecular flexibility index (Phi) is 5.31. The molecular formula is C21H21NO3. The van der Waals surface area contributed by atoms with E-state index in [0.29, 0.717) is 5.75 Å². The number of amides is 1. The molecule has 0 aliphatic carbocycles. The first-order valence-corrected chi connectivity index (χ1v) is 8.23. The highest BCUT2D eigenvalue weighted by Gasteiger charge is 2.12. The topological polar surface area (TPSA) is 58.6 Å². The van der Waals surface area contributed by atoms with E-state index in [1.54, 1.807) is 7.11 Å². The molecule has 0 heterocycles. The van der Waals surface area contributed by atoms with E-state index in [-0.39, 0.29) is 18.9 Å². The Bertz CT molecular complexity index is 876. The first-order valence-electron chi connectivity index (χ1n) is 8.23. The molecule has 4 nitrogen and oxygen atoms in total. The van der Waals surface area contributed by atoms with Crippen molar-refractivity contribution in [2.75, 3.05) is 13.7 Å². The molecule has 0 aliphatic rings. The third-order valence-corrected chi connectivity index (χ3v) is 4.19. The molecule has 4 heteroatoms. The summed E-state index contributed by atoms with van der Waals surface area (Å²) in [6.07, 6.45) is -0.528. The fraction of sp³-hybridized carbons (Fsp3) is 0.190. The van der Waals surface area contributed by atoms with Crippen molar-refractivity contribution in [3.8, 4) is 5.75 Å². The lowest BCUT2D eigenvalue weighted by Crippen LogP contribution is -2.29. The molecule has 0 saturated carbocycles. The third-order valence-electron chi connectivity index (χ3n) is 4.19. The predicted molar refractivity (Wildman–Crippen MR) is 98.6 cm³/mol. The second-order valence-corrected chi connectivity index (χ2v) is 5.92. The zero-order valence-electron chi connectivity index (χ0n) is 14.1. The van der Waals surface area contributed by atoms with E-state index in [2.05, 4.69) is 5.32 Å². The molecule has 1 amide bonds. The van der Waals surface area contributed by atoms with Gasteiger partial charge in [-0.25, -0.2) is 0 Å². The number of methoxy groups -OCH3 is 1. The van der Waals surface area contributed by atoms with Gasteiger partial charge in [-0.15, -0.1) is 0 Å². The summed E-state index contributed by atoms with van der Waals surface area (Å²) in [5.74, 6) is 0.539. The van der Waals surface area contributed by atoms with Crippen LogP contribution < -0.4 is 10.1 Å². The standard InChI is InChI=1S/C21H21NO3/c1-25-20-9-5-4-8-18(20)13-21(24)22-14-19(23)17-11-10-15-6-2-3-7-16(15)12-17/h2-12,19,23H,13-14H2,1H3,(H,22,24). The molecule has 3 rings (SSSR count). The van der Waals surface area contributed by atoms with Crippen LogP contribution in [-0.4, -0.2) is 24.7 Å². The van der Waals surface area contributed by atoms with E-state index in [4.69, 9.17) is 4.74 Å². The number of carbonyl (C=O) groups excluding carboxylic acids is 1. The fourth-order valence-corrected chi connectivity index (χ4v) is 2.83. The molecule has 0 aliphatic heterocycles. The van der Waals surface area contributed by atoms with E-state index < -0.39 is 6.10 Å². The quantitative estimate of drug-likeness (QED) is 0.727. The monoisotopic (exact) mass is 335 g/mol. The molecule has 0 fully saturated rings. The minimum absolute atomic E-state index is 0.149. The van der Waals surface area contributed by atoms with Crippen molar-refractivity contribution in [1.82, 2.24) is 5.32 Å². The van der Waals surface area contributed by atoms with Crippen molar-refractivity contribution in [2.24, 2.45) is 0 Å². The Balaban J connectivity index is 1.61. The zero-order valence-corrected chi connectivity index (χ0v) is 14.1. The SMILES string of the molecule is COc1ccccc1CC(=O)NCC(O)c1ccc2ccccc2c1. The summed E-state index contributed by atoms with van der Waals surface area (Å²) in [6, 6.07) is 21.2. The molecule has 0 radical (unpaired) electrons. The van der Waals surface area contributed by atoms with Crippen LogP contribution in [-0.2, 0) is 11.2 Å². The van der Waals surface area contributed by atoms with Gasteiger partial charge in [0.05, 0.1) is 19.6 Å². The summed E-state index contributed by atoms with van der Waals surface area (Å²) in [4.78, 5) is 12.2. The maximum Gasteiger partial charge on any atom is 0.224 e. The number of nitrogens with one attached hydrogen (secondary N) is 1. The maximum atomic E-state index is 12.2. The number of ether oxygens (including phenoxy) is 1. The molecular weight excluding hydrogens is 314 g/mol. The number of benzene rings is 3. The van der Waals surface area contributed by atoms with Crippen LogP contribution in [0.1, 0.15) is 17.2 Å². The second kappa shape index (κ2) is 7.81. The van der Waals surface area contributed by atoms with Gasteiger partial charge in [0.1, 0.15) is 5.75 Å². The summed E-state index contributed by atoms with van der Waals surface area (Å²) in [5.41, 5.74) is 1.61. The fourth-order valence-electron chi connectivity index (χ4n) is 2.83. The van der Waals surface area contributed by atoms with Gasteiger partial charge in [-0.3, -0.25) is 4.79 Å². The van der Waals surface area contributed by atoms with Crippen molar-refractivity contribution in [3.05, 3.63) is 77.9 Å². The van der Waals surface area contributed by atoms with E-state index in [1.807, 2.05) is 66.7 Å². The molecule has 0 bridgehead atoms. The molecule has 1 unspecified atom stereocenters. The largest absolute Gasteiger partial charge is 0.496 e. The minimum atomic E-state index is -0.744. The number of hydrogen-bond acceptors (Lipinski definition) is 3. The van der Waals surface area contributed by atoms with E-state index in [1.165, 1.54) is 0 Å². The molecule has 3 aromatic carbocycles. The molecule has 0 spiro atoms. The van der Waals surface area contributed by atoms with Crippen LogP contribution in [0.25, 0.3) is 10.8 Å². The number of rotatable bonds is 6. The number of carbonyl (C=O) groups is 1. The van der Waals surface area contributed by atoms with Gasteiger partial charge in [-0.2, -0.15) is 0 Å². The lowest BCUT2D eigenvalue weighted by atomic mass is 10.0. The van der Waals surface area contributed by atoms with Crippen molar-refractivity contribution in [3.63, 3.8) is 0 Å². The summed E-state index contributed by atoms with van der Waals surface area (Å²) in [7, 11) is 1.58. The minimum Gasteiger partial charge on any atom is -0.496 e. The Morgan fingerprint density at radius 2 is 1.76 bits per heavy atom. The van der Waals surface area contributed by atoms with Crippen LogP contribution >= 0.6 is 0 Å². The first kappa shape index (κ1) is 17.0. The average Bonchev–Trinajstić information content (AvgIpc) is 2.66. The predicted octanol–water partition coefficient (Wildman–Crippen LogP) is 3.24. The highest BCUT2D eigenvalue weighted by Crippen LogP contribution is 2.20.